The number of carbonyl (C=O) groups is 2. The molecule has 2 aromatic heterocycles. The van der Waals surface area contributed by atoms with E-state index in [2.05, 4.69) is 50.8 Å². The lowest BCUT2D eigenvalue weighted by Gasteiger charge is -2.39. The summed E-state index contributed by atoms with van der Waals surface area (Å²) in [7, 11) is -7.69. The molecule has 0 saturated carbocycles. The molecule has 394 valence electrons. The SMILES string of the molecule is CC1(C)CCC(CN2CCN(c3ccc(C(=O)NS(=O)(=O)c4ccc(NCC5CCP(=O)(OCOC(=O)C(C)(C)C)CC5)c([N+](=O)[O-])c4)c(N4CCOc5nc6[nH]ccc6cc54)c3)CC2)=C(c2ccc(Cl)cc2)C1. The van der Waals surface area contributed by atoms with Crippen molar-refractivity contribution in [2.24, 2.45) is 16.7 Å². The highest BCUT2D eigenvalue weighted by molar-refractivity contribution is 7.90. The van der Waals surface area contributed by atoms with Crippen molar-refractivity contribution in [2.75, 3.05) is 86.7 Å². The molecule has 0 spiro atoms. The number of esters is 1. The van der Waals surface area contributed by atoms with Gasteiger partial charge in [-0.05, 0) is 130 Å². The highest BCUT2D eigenvalue weighted by Gasteiger charge is 2.35. The molecule has 18 nitrogen and oxygen atoms in total. The lowest BCUT2D eigenvalue weighted by molar-refractivity contribution is -0.384. The lowest BCUT2D eigenvalue weighted by Crippen LogP contribution is -2.47. The molecule has 0 radical (unpaired) electrons. The number of rotatable bonds is 15. The fourth-order valence-corrected chi connectivity index (χ4v) is 13.5. The van der Waals surface area contributed by atoms with Crippen molar-refractivity contribution < 1.29 is 41.5 Å². The van der Waals surface area contributed by atoms with Crippen LogP contribution in [0.15, 0.2) is 89.5 Å². The van der Waals surface area contributed by atoms with E-state index in [9.17, 15) is 32.7 Å². The summed E-state index contributed by atoms with van der Waals surface area (Å²) < 4.78 is 60.3. The van der Waals surface area contributed by atoms with Crippen molar-refractivity contribution in [3.05, 3.63) is 111 Å². The minimum Gasteiger partial charge on any atom is -0.474 e. The molecule has 5 heterocycles. The summed E-state index contributed by atoms with van der Waals surface area (Å²) in [5.41, 5.74) is 5.78. The standard InChI is InChI=1S/C53H64ClN8O10PS/c1-52(2,3)51(64)71-34-72-73(67)26-16-35(17-27-73)32-56-44-13-11-41(30-46(44)62(65)66)74(68,69)58-49(63)42-12-10-40(29-45(42)61-24-25-70-50-47(61)28-37-15-19-55-48(37)57-50)60-22-20-59(21-23-60)33-38-14-18-53(4,5)31-43(38)36-6-8-39(54)9-7-36/h6-13,15,19,28-30,35,56H,14,16-18,20-27,31-34H2,1-5H3,(H,55,57)(H,58,63). The van der Waals surface area contributed by atoms with Crippen LogP contribution in [0.1, 0.15) is 82.6 Å². The van der Waals surface area contributed by atoms with Gasteiger partial charge in [0.1, 0.15) is 23.6 Å². The molecule has 2 fully saturated rings. The van der Waals surface area contributed by atoms with Gasteiger partial charge in [0.05, 0.1) is 33.0 Å². The Kier molecular flexibility index (Phi) is 15.2. The number of hydrogen-bond acceptors (Lipinski definition) is 15. The Hall–Kier alpha value is -5.98. The number of aromatic nitrogens is 2. The zero-order chi connectivity index (χ0) is 52.6. The van der Waals surface area contributed by atoms with Crippen LogP contribution < -0.4 is 24.6 Å². The number of fused-ring (bicyclic) bond motifs is 2. The van der Waals surface area contributed by atoms with Gasteiger partial charge >= 0.3 is 5.97 Å². The number of nitrogens with one attached hydrogen (secondary N) is 3. The van der Waals surface area contributed by atoms with Crippen molar-refractivity contribution in [2.45, 2.75) is 71.6 Å². The number of hydrogen-bond donors (Lipinski definition) is 3. The number of aromatic amines is 1. The number of H-pyrrole nitrogens is 1. The fraction of sp³-hybridized carbons (Fsp3) is 0.453. The van der Waals surface area contributed by atoms with Crippen LogP contribution in [-0.4, -0.2) is 112 Å². The number of halogens is 1. The van der Waals surface area contributed by atoms with Crippen molar-refractivity contribution >= 4 is 85.9 Å². The maximum Gasteiger partial charge on any atom is 0.313 e. The molecule has 0 atom stereocenters. The van der Waals surface area contributed by atoms with Gasteiger partial charge in [-0.1, -0.05) is 43.2 Å². The van der Waals surface area contributed by atoms with Gasteiger partial charge in [0.25, 0.3) is 21.6 Å². The first-order valence-electron chi connectivity index (χ1n) is 25.1. The molecule has 0 bridgehead atoms. The van der Waals surface area contributed by atoms with Crippen LogP contribution in [0.2, 0.25) is 5.02 Å². The topological polar surface area (TPSA) is 219 Å². The molecule has 1 amide bonds. The van der Waals surface area contributed by atoms with Gasteiger partial charge in [-0.2, -0.15) is 4.98 Å². The van der Waals surface area contributed by atoms with E-state index in [0.717, 1.165) is 74.1 Å². The summed E-state index contributed by atoms with van der Waals surface area (Å²) in [5.74, 6) is -1.04. The Morgan fingerprint density at radius 2 is 1.73 bits per heavy atom. The van der Waals surface area contributed by atoms with E-state index in [1.807, 2.05) is 41.3 Å². The van der Waals surface area contributed by atoms with Crippen LogP contribution in [0, 0.1) is 26.9 Å². The molecular weight excluding hydrogens is 1010 g/mol. The van der Waals surface area contributed by atoms with Gasteiger partial charge in [0.15, 0.2) is 6.79 Å². The number of nitro benzene ring substituents is 1. The Bertz CT molecular complexity index is 3140. The van der Waals surface area contributed by atoms with E-state index in [1.165, 1.54) is 28.8 Å². The second kappa shape index (κ2) is 21.3. The number of piperazine rings is 1. The van der Waals surface area contributed by atoms with Crippen LogP contribution in [0.5, 0.6) is 5.88 Å². The Labute approximate surface area is 436 Å². The summed E-state index contributed by atoms with van der Waals surface area (Å²) in [6.07, 6.45) is 6.43. The quantitative estimate of drug-likeness (QED) is 0.0292. The van der Waals surface area contributed by atoms with Gasteiger partial charge in [-0.15, -0.1) is 0 Å². The first-order valence-corrected chi connectivity index (χ1v) is 29.0. The molecule has 21 heteroatoms. The number of allylic oxidation sites excluding steroid dienone is 1. The predicted octanol–water partition coefficient (Wildman–Crippen LogP) is 10.2. The van der Waals surface area contributed by atoms with Crippen LogP contribution >= 0.6 is 19.0 Å². The molecule has 3 N–H and O–H groups in total. The maximum atomic E-state index is 14.4. The zero-order valence-corrected chi connectivity index (χ0v) is 44.9. The number of pyridine rings is 1. The molecule has 3 aliphatic heterocycles. The van der Waals surface area contributed by atoms with Crippen molar-refractivity contribution in [3.63, 3.8) is 0 Å². The van der Waals surface area contributed by atoms with Gasteiger partial charge < -0.3 is 29.6 Å². The average molecular weight is 1070 g/mol. The van der Waals surface area contributed by atoms with Gasteiger partial charge in [0.2, 0.25) is 13.2 Å². The molecule has 5 aromatic rings. The molecule has 2 saturated heterocycles. The third kappa shape index (κ3) is 12.1. The Morgan fingerprint density at radius 3 is 2.45 bits per heavy atom. The summed E-state index contributed by atoms with van der Waals surface area (Å²) in [6.45, 7) is 14.2. The normalized spacial score (nSPS) is 20.4. The Morgan fingerprint density at radius 1 is 0.986 bits per heavy atom. The molecule has 1 aliphatic carbocycles. The highest BCUT2D eigenvalue weighted by Crippen LogP contribution is 2.53. The maximum absolute atomic E-state index is 14.4. The summed E-state index contributed by atoms with van der Waals surface area (Å²) in [5, 5.41) is 17.0. The summed E-state index contributed by atoms with van der Waals surface area (Å²) >= 11 is 6.28. The van der Waals surface area contributed by atoms with Crippen molar-refractivity contribution in [1.29, 1.82) is 0 Å². The molecule has 9 rings (SSSR count). The van der Waals surface area contributed by atoms with Crippen LogP contribution in [0.25, 0.3) is 16.6 Å². The summed E-state index contributed by atoms with van der Waals surface area (Å²) in [4.78, 5) is 52.3. The number of nitro groups is 1. The van der Waals surface area contributed by atoms with Gasteiger partial charge in [-0.25, -0.2) is 13.1 Å². The Balaban J connectivity index is 0.907. The number of anilines is 4. The van der Waals surface area contributed by atoms with Crippen LogP contribution in [-0.2, 0) is 28.6 Å². The highest BCUT2D eigenvalue weighted by atomic mass is 35.5. The third-order valence-corrected chi connectivity index (χ3v) is 18.5. The van der Waals surface area contributed by atoms with Gasteiger partial charge in [-0.3, -0.25) is 33.7 Å². The van der Waals surface area contributed by atoms with Gasteiger partial charge in [0, 0.05) is 80.0 Å². The average Bonchev–Trinajstić information content (AvgIpc) is 3.83. The van der Waals surface area contributed by atoms with Crippen LogP contribution in [0.3, 0.4) is 0 Å². The van der Waals surface area contributed by atoms with Crippen molar-refractivity contribution in [1.82, 2.24) is 19.6 Å². The van der Waals surface area contributed by atoms with E-state index in [1.54, 1.807) is 33.0 Å². The number of sulfonamides is 1. The number of ether oxygens (including phenoxy) is 2. The second-order valence-electron chi connectivity index (χ2n) is 21.5. The van der Waals surface area contributed by atoms with E-state index in [4.69, 9.17) is 30.6 Å². The smallest absolute Gasteiger partial charge is 0.313 e. The van der Waals surface area contributed by atoms with E-state index in [-0.39, 0.29) is 48.1 Å². The second-order valence-corrected chi connectivity index (χ2v) is 26.4. The summed E-state index contributed by atoms with van der Waals surface area (Å²) in [6, 6.07) is 20.8. The number of benzene rings is 3. The molecule has 74 heavy (non-hydrogen) atoms. The molecule has 4 aliphatic rings. The monoisotopic (exact) mass is 1070 g/mol. The van der Waals surface area contributed by atoms with Crippen LogP contribution in [0.4, 0.5) is 28.4 Å². The molecule has 0 unspecified atom stereocenters. The minimum atomic E-state index is -4.65. The first-order chi connectivity index (χ1) is 35.1. The minimum absolute atomic E-state index is 0.0134. The van der Waals surface area contributed by atoms with Crippen molar-refractivity contribution in [3.8, 4) is 5.88 Å². The third-order valence-electron chi connectivity index (χ3n) is 14.5. The number of nitrogens with zero attached hydrogens (tertiary/aromatic N) is 5. The molecular formula is C53H64ClN8O10PS. The number of amides is 1. The first kappa shape index (κ1) is 52.9. The number of carbonyl (C=O) groups excluding carboxylic acids is 2. The van der Waals surface area contributed by atoms with E-state index < -0.39 is 57.0 Å². The lowest BCUT2D eigenvalue weighted by atomic mass is 9.72. The fourth-order valence-electron chi connectivity index (χ4n) is 10.1. The largest absolute Gasteiger partial charge is 0.474 e. The van der Waals surface area contributed by atoms with E-state index in [0.29, 0.717) is 42.3 Å². The predicted molar refractivity (Wildman–Crippen MR) is 287 cm³/mol. The van der Waals surface area contributed by atoms with E-state index >= 15 is 0 Å². The molecule has 3 aromatic carbocycles. The zero-order valence-electron chi connectivity index (χ0n) is 42.4.